The molecule has 2 aromatic carbocycles. The van der Waals surface area contributed by atoms with Gasteiger partial charge >= 0.3 is 0 Å². The summed E-state index contributed by atoms with van der Waals surface area (Å²) in [4.78, 5) is 13.8. The Balaban J connectivity index is 1.86. The zero-order chi connectivity index (χ0) is 16.4. The van der Waals surface area contributed by atoms with E-state index in [4.69, 9.17) is 0 Å². The second-order valence-electron chi connectivity index (χ2n) is 5.49. The minimum absolute atomic E-state index is 0.0526. The Labute approximate surface area is 138 Å². The van der Waals surface area contributed by atoms with Crippen LogP contribution >= 0.6 is 11.8 Å². The van der Waals surface area contributed by atoms with Gasteiger partial charge in [-0.3, -0.25) is 4.79 Å². The third-order valence-corrected chi connectivity index (χ3v) is 5.27. The smallest absolute Gasteiger partial charge is 0.234 e. The van der Waals surface area contributed by atoms with Crippen molar-refractivity contribution in [2.45, 2.75) is 25.3 Å². The Hall–Kier alpha value is -1.88. The van der Waals surface area contributed by atoms with Gasteiger partial charge in [0.05, 0.1) is 12.3 Å². The first kappa shape index (κ1) is 16.0. The zero-order valence-corrected chi connectivity index (χ0v) is 13.6. The van der Waals surface area contributed by atoms with Crippen molar-refractivity contribution in [1.82, 2.24) is 4.90 Å². The van der Waals surface area contributed by atoms with Crippen molar-refractivity contribution in [3.05, 3.63) is 70.8 Å². The molecule has 1 unspecified atom stereocenters. The van der Waals surface area contributed by atoms with E-state index in [1.165, 1.54) is 29.5 Å². The largest absolute Gasteiger partial charge is 0.321 e. The first-order valence-corrected chi connectivity index (χ1v) is 8.58. The highest BCUT2D eigenvalue weighted by atomic mass is 32.2. The number of carbonyl (C=O) groups is 1. The molecule has 0 spiro atoms. The van der Waals surface area contributed by atoms with E-state index in [1.54, 1.807) is 4.90 Å². The van der Waals surface area contributed by atoms with E-state index in [1.807, 2.05) is 24.3 Å². The molecule has 1 fully saturated rings. The van der Waals surface area contributed by atoms with Gasteiger partial charge in [-0.05, 0) is 23.6 Å². The molecule has 23 heavy (non-hydrogen) atoms. The van der Waals surface area contributed by atoms with Crippen molar-refractivity contribution in [2.75, 3.05) is 5.75 Å². The lowest BCUT2D eigenvalue weighted by molar-refractivity contribution is -0.128. The monoisotopic (exact) mass is 333 g/mol. The van der Waals surface area contributed by atoms with Crippen LogP contribution in [-0.4, -0.2) is 16.6 Å². The van der Waals surface area contributed by atoms with Crippen LogP contribution in [0.4, 0.5) is 8.78 Å². The first-order chi connectivity index (χ1) is 11.1. The molecule has 1 atom stereocenters. The van der Waals surface area contributed by atoms with Crippen LogP contribution in [-0.2, 0) is 17.8 Å². The predicted molar refractivity (Wildman–Crippen MR) is 87.9 cm³/mol. The maximum atomic E-state index is 13.9. The SMILES string of the molecule is CCc1ccc(C2SCC(=O)N2Cc2cccc(F)c2F)cc1. The maximum absolute atomic E-state index is 13.9. The molecule has 1 aliphatic heterocycles. The van der Waals surface area contributed by atoms with Gasteiger partial charge in [0.2, 0.25) is 5.91 Å². The zero-order valence-electron chi connectivity index (χ0n) is 12.8. The van der Waals surface area contributed by atoms with Gasteiger partial charge in [0.15, 0.2) is 11.6 Å². The number of aryl methyl sites for hydroxylation is 1. The third-order valence-electron chi connectivity index (χ3n) is 4.01. The highest BCUT2D eigenvalue weighted by Gasteiger charge is 2.33. The van der Waals surface area contributed by atoms with E-state index in [0.29, 0.717) is 5.75 Å². The summed E-state index contributed by atoms with van der Waals surface area (Å²) >= 11 is 1.51. The minimum atomic E-state index is -0.884. The summed E-state index contributed by atoms with van der Waals surface area (Å²) < 4.78 is 27.3. The van der Waals surface area contributed by atoms with Crippen molar-refractivity contribution in [2.24, 2.45) is 0 Å². The number of halogens is 2. The summed E-state index contributed by atoms with van der Waals surface area (Å²) in [5, 5.41) is -0.156. The predicted octanol–water partition coefficient (Wildman–Crippen LogP) is 4.30. The maximum Gasteiger partial charge on any atom is 0.234 e. The van der Waals surface area contributed by atoms with Gasteiger partial charge in [-0.1, -0.05) is 43.3 Å². The number of nitrogens with zero attached hydrogens (tertiary/aromatic N) is 1. The second kappa shape index (κ2) is 6.71. The first-order valence-electron chi connectivity index (χ1n) is 7.53. The van der Waals surface area contributed by atoms with E-state index in [0.717, 1.165) is 18.1 Å². The molecular weight excluding hydrogens is 316 g/mol. The normalized spacial score (nSPS) is 17.8. The van der Waals surface area contributed by atoms with Crippen molar-refractivity contribution >= 4 is 17.7 Å². The standard InChI is InChI=1S/C18H17F2NOS/c1-2-12-6-8-13(9-7-12)18-21(16(22)11-23-18)10-14-4-3-5-15(19)17(14)20/h3-9,18H,2,10-11H2,1H3. The van der Waals surface area contributed by atoms with Gasteiger partial charge in [0, 0.05) is 5.56 Å². The van der Waals surface area contributed by atoms with E-state index >= 15 is 0 Å². The summed E-state index contributed by atoms with van der Waals surface area (Å²) in [6.07, 6.45) is 0.954. The Morgan fingerprint density at radius 3 is 2.61 bits per heavy atom. The van der Waals surface area contributed by atoms with E-state index in [-0.39, 0.29) is 23.4 Å². The molecule has 0 aromatic heterocycles. The van der Waals surface area contributed by atoms with Crippen molar-refractivity contribution in [3.8, 4) is 0 Å². The molecule has 2 nitrogen and oxygen atoms in total. The molecule has 1 amide bonds. The number of amides is 1. The Bertz CT molecular complexity index is 717. The van der Waals surface area contributed by atoms with E-state index < -0.39 is 11.6 Å². The van der Waals surface area contributed by atoms with Crippen LogP contribution in [0.15, 0.2) is 42.5 Å². The molecule has 1 saturated heterocycles. The highest BCUT2D eigenvalue weighted by Crippen LogP contribution is 2.39. The number of rotatable bonds is 4. The summed E-state index contributed by atoms with van der Waals surface area (Å²) in [7, 11) is 0. The van der Waals surface area contributed by atoms with Crippen molar-refractivity contribution < 1.29 is 13.6 Å². The molecule has 0 bridgehead atoms. The summed E-state index contributed by atoms with van der Waals surface area (Å²) in [5.41, 5.74) is 2.44. The van der Waals surface area contributed by atoms with Gasteiger partial charge < -0.3 is 4.90 Å². The molecule has 0 radical (unpaired) electrons. The molecule has 0 aliphatic carbocycles. The third kappa shape index (κ3) is 3.24. The quantitative estimate of drug-likeness (QED) is 0.831. The lowest BCUT2D eigenvalue weighted by atomic mass is 10.1. The molecule has 1 aliphatic rings. The van der Waals surface area contributed by atoms with Crippen LogP contribution in [0.2, 0.25) is 0 Å². The molecule has 2 aromatic rings. The van der Waals surface area contributed by atoms with Crippen LogP contribution in [0.1, 0.15) is 29.0 Å². The van der Waals surface area contributed by atoms with Gasteiger partial charge in [0.1, 0.15) is 5.37 Å². The van der Waals surface area contributed by atoms with E-state index in [9.17, 15) is 13.6 Å². The lowest BCUT2D eigenvalue weighted by Crippen LogP contribution is -2.28. The van der Waals surface area contributed by atoms with Crippen LogP contribution in [0, 0.1) is 11.6 Å². The van der Waals surface area contributed by atoms with Crippen molar-refractivity contribution in [3.63, 3.8) is 0 Å². The number of hydrogen-bond donors (Lipinski definition) is 0. The molecular formula is C18H17F2NOS. The summed E-state index contributed by atoms with van der Waals surface area (Å²) in [5.74, 6) is -1.46. The summed E-state index contributed by atoms with van der Waals surface area (Å²) in [6, 6.07) is 12.2. The van der Waals surface area contributed by atoms with Gasteiger partial charge in [-0.15, -0.1) is 11.8 Å². The fraction of sp³-hybridized carbons (Fsp3) is 0.278. The molecule has 120 valence electrons. The Kier molecular flexibility index (Phi) is 4.66. The Morgan fingerprint density at radius 1 is 1.17 bits per heavy atom. The number of thioether (sulfide) groups is 1. The second-order valence-corrected chi connectivity index (χ2v) is 6.56. The summed E-state index contributed by atoms with van der Waals surface area (Å²) in [6.45, 7) is 2.16. The van der Waals surface area contributed by atoms with Crippen molar-refractivity contribution in [1.29, 1.82) is 0 Å². The molecule has 5 heteroatoms. The molecule has 3 rings (SSSR count). The number of hydrogen-bond acceptors (Lipinski definition) is 2. The fourth-order valence-corrected chi connectivity index (χ4v) is 3.86. The lowest BCUT2D eigenvalue weighted by Gasteiger charge is -2.24. The van der Waals surface area contributed by atoms with Crippen LogP contribution in [0.25, 0.3) is 0 Å². The van der Waals surface area contributed by atoms with Gasteiger partial charge in [-0.2, -0.15) is 0 Å². The molecule has 1 heterocycles. The molecule has 0 saturated carbocycles. The number of carbonyl (C=O) groups excluding carboxylic acids is 1. The average Bonchev–Trinajstić information content (AvgIpc) is 2.93. The van der Waals surface area contributed by atoms with E-state index in [2.05, 4.69) is 6.92 Å². The van der Waals surface area contributed by atoms with Crippen LogP contribution in [0.5, 0.6) is 0 Å². The minimum Gasteiger partial charge on any atom is -0.321 e. The highest BCUT2D eigenvalue weighted by molar-refractivity contribution is 8.00. The van der Waals surface area contributed by atoms with Crippen LogP contribution < -0.4 is 0 Å². The number of benzene rings is 2. The van der Waals surface area contributed by atoms with Gasteiger partial charge in [0.25, 0.3) is 0 Å². The average molecular weight is 333 g/mol. The fourth-order valence-electron chi connectivity index (χ4n) is 2.67. The van der Waals surface area contributed by atoms with Gasteiger partial charge in [-0.25, -0.2) is 8.78 Å². The Morgan fingerprint density at radius 2 is 1.91 bits per heavy atom. The molecule has 0 N–H and O–H groups in total. The van der Waals surface area contributed by atoms with Crippen LogP contribution in [0.3, 0.4) is 0 Å². The topological polar surface area (TPSA) is 20.3 Å².